The van der Waals surface area contributed by atoms with Crippen LogP contribution in [0.2, 0.25) is 0 Å². The summed E-state index contributed by atoms with van der Waals surface area (Å²) in [6, 6.07) is 6.11. The van der Waals surface area contributed by atoms with Crippen LogP contribution in [0.5, 0.6) is 0 Å². The van der Waals surface area contributed by atoms with Crippen LogP contribution < -0.4 is 0 Å². The zero-order valence-electron chi connectivity index (χ0n) is 10.5. The molecular weight excluding hydrogens is 214 g/mol. The third-order valence-corrected chi connectivity index (χ3v) is 3.19. The summed E-state index contributed by atoms with van der Waals surface area (Å²) < 4.78 is 5.10. The second kappa shape index (κ2) is 6.69. The molecule has 0 N–H and O–H groups in total. The first kappa shape index (κ1) is 12.5. The number of rotatable bonds is 5. The van der Waals surface area contributed by atoms with Crippen molar-refractivity contribution in [2.45, 2.75) is 6.54 Å². The van der Waals surface area contributed by atoms with Gasteiger partial charge >= 0.3 is 0 Å². The zero-order valence-corrected chi connectivity index (χ0v) is 10.5. The van der Waals surface area contributed by atoms with E-state index in [2.05, 4.69) is 26.9 Å². The molecule has 1 aliphatic heterocycles. The molecule has 4 heteroatoms. The number of hydrogen-bond donors (Lipinski definition) is 0. The van der Waals surface area contributed by atoms with Gasteiger partial charge in [-0.15, -0.1) is 0 Å². The lowest BCUT2D eigenvalue weighted by Gasteiger charge is -2.34. The summed E-state index contributed by atoms with van der Waals surface area (Å²) in [5.41, 5.74) is 1.16. The molecule has 0 aromatic carbocycles. The van der Waals surface area contributed by atoms with Crippen molar-refractivity contribution in [1.29, 1.82) is 0 Å². The number of hydrogen-bond acceptors (Lipinski definition) is 4. The van der Waals surface area contributed by atoms with Gasteiger partial charge in [-0.1, -0.05) is 6.07 Å². The maximum atomic E-state index is 5.10. The second-order valence-corrected chi connectivity index (χ2v) is 4.43. The van der Waals surface area contributed by atoms with E-state index in [0.29, 0.717) is 0 Å². The van der Waals surface area contributed by atoms with Crippen LogP contribution in [0.15, 0.2) is 24.4 Å². The molecule has 2 rings (SSSR count). The molecule has 0 aliphatic carbocycles. The molecule has 94 valence electrons. The Bertz CT molecular complexity index is 310. The van der Waals surface area contributed by atoms with Crippen molar-refractivity contribution >= 4 is 0 Å². The largest absolute Gasteiger partial charge is 0.383 e. The van der Waals surface area contributed by atoms with Crippen LogP contribution in [-0.2, 0) is 11.3 Å². The van der Waals surface area contributed by atoms with Crippen LogP contribution in [0.25, 0.3) is 0 Å². The molecule has 0 saturated carbocycles. The first-order valence-electron chi connectivity index (χ1n) is 6.22. The van der Waals surface area contributed by atoms with Gasteiger partial charge in [0.25, 0.3) is 0 Å². The molecule has 0 bridgehead atoms. The van der Waals surface area contributed by atoms with Crippen molar-refractivity contribution in [2.24, 2.45) is 0 Å². The number of aromatic nitrogens is 1. The first-order valence-corrected chi connectivity index (χ1v) is 6.22. The summed E-state index contributed by atoms with van der Waals surface area (Å²) in [6.07, 6.45) is 1.87. The van der Waals surface area contributed by atoms with E-state index >= 15 is 0 Å². The quantitative estimate of drug-likeness (QED) is 0.756. The minimum absolute atomic E-state index is 0.834. The van der Waals surface area contributed by atoms with E-state index < -0.39 is 0 Å². The smallest absolute Gasteiger partial charge is 0.0589 e. The molecule has 2 heterocycles. The monoisotopic (exact) mass is 235 g/mol. The van der Waals surface area contributed by atoms with Crippen molar-refractivity contribution in [1.82, 2.24) is 14.8 Å². The Balaban J connectivity index is 1.72. The van der Waals surface area contributed by atoms with E-state index in [1.54, 1.807) is 7.11 Å². The Morgan fingerprint density at radius 3 is 2.59 bits per heavy atom. The molecule has 0 spiro atoms. The highest BCUT2D eigenvalue weighted by Gasteiger charge is 2.16. The lowest BCUT2D eigenvalue weighted by Crippen LogP contribution is -2.46. The highest BCUT2D eigenvalue weighted by Crippen LogP contribution is 2.06. The summed E-state index contributed by atoms with van der Waals surface area (Å²) in [5, 5.41) is 0. The molecule has 0 amide bonds. The van der Waals surface area contributed by atoms with E-state index in [0.717, 1.165) is 51.6 Å². The van der Waals surface area contributed by atoms with Gasteiger partial charge in [-0.05, 0) is 12.1 Å². The van der Waals surface area contributed by atoms with Gasteiger partial charge in [0, 0.05) is 52.6 Å². The molecule has 0 radical (unpaired) electrons. The molecule has 1 aromatic rings. The third-order valence-electron chi connectivity index (χ3n) is 3.19. The Morgan fingerprint density at radius 2 is 1.94 bits per heavy atom. The van der Waals surface area contributed by atoms with Gasteiger partial charge in [-0.3, -0.25) is 14.8 Å². The standard InChI is InChI=1S/C13H21N3O/c1-17-11-10-15-6-8-16(9-7-15)12-13-4-2-3-5-14-13/h2-5H,6-12H2,1H3. The molecule has 1 fully saturated rings. The Morgan fingerprint density at radius 1 is 1.18 bits per heavy atom. The average molecular weight is 235 g/mol. The van der Waals surface area contributed by atoms with Crippen LogP contribution in [0.4, 0.5) is 0 Å². The SMILES string of the molecule is COCCN1CCN(Cc2ccccn2)CC1. The summed E-state index contributed by atoms with van der Waals surface area (Å²) in [7, 11) is 1.76. The summed E-state index contributed by atoms with van der Waals surface area (Å²) in [4.78, 5) is 9.29. The van der Waals surface area contributed by atoms with Gasteiger partial charge in [0.05, 0.1) is 12.3 Å². The lowest BCUT2D eigenvalue weighted by molar-refractivity contribution is 0.0932. The lowest BCUT2D eigenvalue weighted by atomic mass is 10.2. The van der Waals surface area contributed by atoms with Crippen LogP contribution in [-0.4, -0.2) is 61.2 Å². The normalized spacial score (nSPS) is 18.4. The first-order chi connectivity index (χ1) is 8.38. The molecular formula is C13H21N3O. The number of piperazine rings is 1. The fourth-order valence-corrected chi connectivity index (χ4v) is 2.11. The highest BCUT2D eigenvalue weighted by atomic mass is 16.5. The number of nitrogens with zero attached hydrogens (tertiary/aromatic N) is 3. The fourth-order valence-electron chi connectivity index (χ4n) is 2.11. The fraction of sp³-hybridized carbons (Fsp3) is 0.615. The maximum absolute atomic E-state index is 5.10. The molecule has 4 nitrogen and oxygen atoms in total. The van der Waals surface area contributed by atoms with Crippen LogP contribution in [0.1, 0.15) is 5.69 Å². The van der Waals surface area contributed by atoms with E-state index in [-0.39, 0.29) is 0 Å². The van der Waals surface area contributed by atoms with E-state index in [1.165, 1.54) is 0 Å². The maximum Gasteiger partial charge on any atom is 0.0589 e. The summed E-state index contributed by atoms with van der Waals surface area (Å²) in [6.45, 7) is 7.38. The summed E-state index contributed by atoms with van der Waals surface area (Å²) >= 11 is 0. The molecule has 1 saturated heterocycles. The zero-order chi connectivity index (χ0) is 11.9. The van der Waals surface area contributed by atoms with Gasteiger partial charge in [-0.2, -0.15) is 0 Å². The Hall–Kier alpha value is -0.970. The van der Waals surface area contributed by atoms with Gasteiger partial charge in [-0.25, -0.2) is 0 Å². The number of methoxy groups -OCH3 is 1. The average Bonchev–Trinajstić information content (AvgIpc) is 2.39. The van der Waals surface area contributed by atoms with E-state index in [1.807, 2.05) is 12.3 Å². The summed E-state index contributed by atoms with van der Waals surface area (Å²) in [5.74, 6) is 0. The van der Waals surface area contributed by atoms with Gasteiger partial charge in [0.1, 0.15) is 0 Å². The van der Waals surface area contributed by atoms with Crippen LogP contribution >= 0.6 is 0 Å². The topological polar surface area (TPSA) is 28.6 Å². The van der Waals surface area contributed by atoms with Crippen molar-refractivity contribution in [2.75, 3.05) is 46.4 Å². The number of ether oxygens (including phenoxy) is 1. The molecule has 1 aliphatic rings. The predicted molar refractivity (Wildman–Crippen MR) is 67.8 cm³/mol. The van der Waals surface area contributed by atoms with Gasteiger partial charge in [0.2, 0.25) is 0 Å². The molecule has 0 atom stereocenters. The highest BCUT2D eigenvalue weighted by molar-refractivity contribution is 5.03. The Kier molecular flexibility index (Phi) is 4.91. The second-order valence-electron chi connectivity index (χ2n) is 4.43. The molecule has 17 heavy (non-hydrogen) atoms. The number of pyridine rings is 1. The molecule has 0 unspecified atom stereocenters. The van der Waals surface area contributed by atoms with Crippen LogP contribution in [0.3, 0.4) is 0 Å². The van der Waals surface area contributed by atoms with Crippen molar-refractivity contribution < 1.29 is 4.74 Å². The minimum atomic E-state index is 0.834. The minimum Gasteiger partial charge on any atom is -0.383 e. The van der Waals surface area contributed by atoms with Crippen molar-refractivity contribution in [3.63, 3.8) is 0 Å². The third kappa shape index (κ3) is 4.07. The predicted octanol–water partition coefficient (Wildman–Crippen LogP) is 0.846. The van der Waals surface area contributed by atoms with Gasteiger partial charge < -0.3 is 4.74 Å². The Labute approximate surface area is 103 Å². The van der Waals surface area contributed by atoms with E-state index in [4.69, 9.17) is 4.74 Å². The van der Waals surface area contributed by atoms with Crippen LogP contribution in [0, 0.1) is 0 Å². The van der Waals surface area contributed by atoms with Gasteiger partial charge in [0.15, 0.2) is 0 Å². The van der Waals surface area contributed by atoms with Crippen molar-refractivity contribution in [3.05, 3.63) is 30.1 Å². The van der Waals surface area contributed by atoms with Crippen molar-refractivity contribution in [3.8, 4) is 0 Å². The molecule has 1 aromatic heterocycles. The van der Waals surface area contributed by atoms with E-state index in [9.17, 15) is 0 Å².